The van der Waals surface area contributed by atoms with E-state index in [1.807, 2.05) is 6.07 Å². The average Bonchev–Trinajstić information content (AvgIpc) is 2.75. The number of aromatic hydroxyl groups is 1. The number of rotatable bonds is 2. The number of hydrogen-bond donors (Lipinski definition) is 2. The SMILES string of the molecule is Oc1ccc(NC2CCCc3sc(Cl)cc32)cc1F. The molecule has 1 atom stereocenters. The van der Waals surface area contributed by atoms with E-state index in [9.17, 15) is 9.50 Å². The maximum atomic E-state index is 13.3. The van der Waals surface area contributed by atoms with Gasteiger partial charge in [0.1, 0.15) is 0 Å². The highest BCUT2D eigenvalue weighted by atomic mass is 35.5. The highest BCUT2D eigenvalue weighted by Crippen LogP contribution is 2.39. The number of thiophene rings is 1. The van der Waals surface area contributed by atoms with Crippen LogP contribution in [0.25, 0.3) is 0 Å². The van der Waals surface area contributed by atoms with Crippen LogP contribution in [0.5, 0.6) is 5.75 Å². The van der Waals surface area contributed by atoms with Gasteiger partial charge in [0.05, 0.1) is 10.4 Å². The van der Waals surface area contributed by atoms with Crippen LogP contribution in [0.2, 0.25) is 4.34 Å². The predicted octanol–water partition coefficient (Wildman–Crippen LogP) is 4.74. The fourth-order valence-electron chi connectivity index (χ4n) is 2.47. The lowest BCUT2D eigenvalue weighted by molar-refractivity contribution is 0.432. The summed E-state index contributed by atoms with van der Waals surface area (Å²) < 4.78 is 14.1. The van der Waals surface area contributed by atoms with Crippen LogP contribution in [-0.2, 0) is 6.42 Å². The maximum absolute atomic E-state index is 13.3. The predicted molar refractivity (Wildman–Crippen MR) is 76.7 cm³/mol. The third-order valence-electron chi connectivity index (χ3n) is 3.37. The largest absolute Gasteiger partial charge is 0.505 e. The smallest absolute Gasteiger partial charge is 0.166 e. The molecular weight excluding hydrogens is 285 g/mol. The molecular formula is C14H13ClFNOS. The van der Waals surface area contributed by atoms with Gasteiger partial charge < -0.3 is 10.4 Å². The summed E-state index contributed by atoms with van der Waals surface area (Å²) in [6, 6.07) is 6.52. The molecule has 0 fully saturated rings. The van der Waals surface area contributed by atoms with Gasteiger partial charge in [0.15, 0.2) is 11.6 Å². The molecule has 1 heterocycles. The van der Waals surface area contributed by atoms with E-state index in [2.05, 4.69) is 5.32 Å². The first-order valence-corrected chi connectivity index (χ1v) is 7.36. The Morgan fingerprint density at radius 2 is 2.21 bits per heavy atom. The summed E-state index contributed by atoms with van der Waals surface area (Å²) in [4.78, 5) is 1.31. The van der Waals surface area contributed by atoms with E-state index in [4.69, 9.17) is 11.6 Å². The van der Waals surface area contributed by atoms with Crippen molar-refractivity contribution < 1.29 is 9.50 Å². The summed E-state index contributed by atoms with van der Waals surface area (Å²) >= 11 is 7.68. The number of fused-ring (bicyclic) bond motifs is 1. The quantitative estimate of drug-likeness (QED) is 0.785. The van der Waals surface area contributed by atoms with E-state index in [-0.39, 0.29) is 11.8 Å². The van der Waals surface area contributed by atoms with Gasteiger partial charge in [-0.3, -0.25) is 0 Å². The second-order valence-electron chi connectivity index (χ2n) is 4.68. The van der Waals surface area contributed by atoms with Crippen molar-refractivity contribution >= 4 is 28.6 Å². The highest BCUT2D eigenvalue weighted by Gasteiger charge is 2.22. The van der Waals surface area contributed by atoms with Crippen LogP contribution in [0.3, 0.4) is 0 Å². The van der Waals surface area contributed by atoms with Crippen molar-refractivity contribution in [1.82, 2.24) is 0 Å². The zero-order valence-corrected chi connectivity index (χ0v) is 11.7. The molecule has 1 aromatic heterocycles. The Balaban J connectivity index is 1.86. The Morgan fingerprint density at radius 3 is 3.00 bits per heavy atom. The number of hydrogen-bond acceptors (Lipinski definition) is 3. The lowest BCUT2D eigenvalue weighted by atomic mass is 9.94. The number of aryl methyl sites for hydroxylation is 1. The van der Waals surface area contributed by atoms with Gasteiger partial charge in [0.2, 0.25) is 0 Å². The van der Waals surface area contributed by atoms with Crippen molar-refractivity contribution in [3.8, 4) is 5.75 Å². The van der Waals surface area contributed by atoms with Gasteiger partial charge in [-0.15, -0.1) is 11.3 Å². The number of nitrogens with one attached hydrogen (secondary N) is 1. The standard InChI is InChI=1S/C14H13ClFNOS/c15-14-7-9-11(2-1-3-13(9)19-14)17-8-4-5-12(18)10(16)6-8/h4-7,11,17-18H,1-3H2. The molecule has 2 aromatic rings. The molecule has 0 radical (unpaired) electrons. The van der Waals surface area contributed by atoms with Crippen LogP contribution in [0.1, 0.15) is 29.3 Å². The first-order valence-electron chi connectivity index (χ1n) is 6.16. The van der Waals surface area contributed by atoms with Crippen molar-refractivity contribution in [1.29, 1.82) is 0 Å². The molecule has 1 aromatic carbocycles. The highest BCUT2D eigenvalue weighted by molar-refractivity contribution is 7.16. The molecule has 0 spiro atoms. The summed E-state index contributed by atoms with van der Waals surface area (Å²) in [5, 5.41) is 12.5. The number of phenolic OH excluding ortho intramolecular Hbond substituents is 1. The molecule has 0 saturated heterocycles. The maximum Gasteiger partial charge on any atom is 0.166 e. The van der Waals surface area contributed by atoms with Gasteiger partial charge in [-0.2, -0.15) is 0 Å². The number of halogens is 2. The van der Waals surface area contributed by atoms with Crippen molar-refractivity contribution in [3.63, 3.8) is 0 Å². The molecule has 0 bridgehead atoms. The van der Waals surface area contributed by atoms with Crippen LogP contribution in [0, 0.1) is 5.82 Å². The first kappa shape index (κ1) is 12.8. The van der Waals surface area contributed by atoms with Gasteiger partial charge in [0.25, 0.3) is 0 Å². The second-order valence-corrected chi connectivity index (χ2v) is 6.45. The molecule has 3 rings (SSSR count). The van der Waals surface area contributed by atoms with Crippen molar-refractivity contribution in [2.45, 2.75) is 25.3 Å². The Kier molecular flexibility index (Phi) is 3.37. The van der Waals surface area contributed by atoms with Crippen LogP contribution in [0.15, 0.2) is 24.3 Å². The lowest BCUT2D eigenvalue weighted by Crippen LogP contribution is -2.15. The molecule has 2 nitrogen and oxygen atoms in total. The van der Waals surface area contributed by atoms with E-state index in [0.717, 1.165) is 23.6 Å². The third-order valence-corrected chi connectivity index (χ3v) is 4.71. The Morgan fingerprint density at radius 1 is 1.37 bits per heavy atom. The summed E-state index contributed by atoms with van der Waals surface area (Å²) in [6.45, 7) is 0. The minimum absolute atomic E-state index is 0.163. The Hall–Kier alpha value is -1.26. The van der Waals surface area contributed by atoms with Gasteiger partial charge in [-0.05, 0) is 43.0 Å². The van der Waals surface area contributed by atoms with Crippen LogP contribution >= 0.6 is 22.9 Å². The molecule has 1 aliphatic carbocycles. The van der Waals surface area contributed by atoms with Crippen LogP contribution in [-0.4, -0.2) is 5.11 Å². The fourth-order valence-corrected chi connectivity index (χ4v) is 3.85. The fraction of sp³-hybridized carbons (Fsp3) is 0.286. The van der Waals surface area contributed by atoms with E-state index >= 15 is 0 Å². The van der Waals surface area contributed by atoms with Gasteiger partial charge in [-0.1, -0.05) is 11.6 Å². The molecule has 19 heavy (non-hydrogen) atoms. The van der Waals surface area contributed by atoms with Crippen molar-refractivity contribution in [3.05, 3.63) is 44.9 Å². The molecule has 0 amide bonds. The molecule has 1 unspecified atom stereocenters. The topological polar surface area (TPSA) is 32.3 Å². The number of anilines is 1. The molecule has 1 aliphatic rings. The summed E-state index contributed by atoms with van der Waals surface area (Å²) in [6.07, 6.45) is 3.17. The molecule has 0 aliphatic heterocycles. The van der Waals surface area contributed by atoms with E-state index in [1.54, 1.807) is 17.4 Å². The zero-order chi connectivity index (χ0) is 13.4. The van der Waals surface area contributed by atoms with Crippen LogP contribution < -0.4 is 5.32 Å². The zero-order valence-electron chi connectivity index (χ0n) is 10.1. The molecule has 0 saturated carbocycles. The summed E-state index contributed by atoms with van der Waals surface area (Å²) in [7, 11) is 0. The van der Waals surface area contributed by atoms with E-state index < -0.39 is 5.82 Å². The van der Waals surface area contributed by atoms with Crippen molar-refractivity contribution in [2.24, 2.45) is 0 Å². The third kappa shape index (κ3) is 2.55. The molecule has 5 heteroatoms. The average molecular weight is 298 g/mol. The van der Waals surface area contributed by atoms with Gasteiger partial charge in [-0.25, -0.2) is 4.39 Å². The minimum Gasteiger partial charge on any atom is -0.505 e. The Bertz CT molecular complexity index is 613. The first-order chi connectivity index (χ1) is 9.13. The monoisotopic (exact) mass is 297 g/mol. The number of benzene rings is 1. The molecule has 2 N–H and O–H groups in total. The Labute approximate surface area is 119 Å². The molecule has 100 valence electrons. The summed E-state index contributed by atoms with van der Waals surface area (Å²) in [5.41, 5.74) is 1.89. The summed E-state index contributed by atoms with van der Waals surface area (Å²) in [5.74, 6) is -0.933. The van der Waals surface area contributed by atoms with E-state index in [0.29, 0.717) is 5.69 Å². The van der Waals surface area contributed by atoms with E-state index in [1.165, 1.54) is 22.6 Å². The van der Waals surface area contributed by atoms with Crippen molar-refractivity contribution in [2.75, 3.05) is 5.32 Å². The van der Waals surface area contributed by atoms with Gasteiger partial charge >= 0.3 is 0 Å². The lowest BCUT2D eigenvalue weighted by Gasteiger charge is -2.24. The van der Waals surface area contributed by atoms with Crippen LogP contribution in [0.4, 0.5) is 10.1 Å². The second kappa shape index (κ2) is 5.02. The van der Waals surface area contributed by atoms with Gasteiger partial charge in [0, 0.05) is 16.6 Å². The normalized spacial score (nSPS) is 18.1. The number of phenols is 1. The minimum atomic E-state index is -0.607.